The van der Waals surface area contributed by atoms with Crippen LogP contribution in [0.5, 0.6) is 0 Å². The van der Waals surface area contributed by atoms with Gasteiger partial charge in [-0.15, -0.1) is 0 Å². The van der Waals surface area contributed by atoms with E-state index in [1.54, 1.807) is 13.8 Å². The van der Waals surface area contributed by atoms with Crippen molar-refractivity contribution in [3.8, 4) is 0 Å². The van der Waals surface area contributed by atoms with Gasteiger partial charge in [-0.05, 0) is 41.9 Å². The number of hydrogen-bond acceptors (Lipinski definition) is 2. The lowest BCUT2D eigenvalue weighted by molar-refractivity contribution is -0.0848. The molecule has 0 aromatic carbocycles. The Morgan fingerprint density at radius 2 is 1.88 bits per heavy atom. The number of aryl methyl sites for hydroxylation is 1. The van der Waals surface area contributed by atoms with Crippen LogP contribution in [0.3, 0.4) is 0 Å². The highest BCUT2D eigenvalue weighted by Gasteiger charge is 2.66. The number of allylic oxidation sites excluding steroid dienone is 2. The van der Waals surface area contributed by atoms with Gasteiger partial charge in [0.25, 0.3) is 5.91 Å². The van der Waals surface area contributed by atoms with Crippen LogP contribution in [0.25, 0.3) is 0 Å². The maximum Gasteiger partial charge on any atom is 0.426 e. The van der Waals surface area contributed by atoms with Crippen LogP contribution in [-0.4, -0.2) is 21.9 Å². The summed E-state index contributed by atoms with van der Waals surface area (Å²) in [5, 5.41) is 3.30. The minimum absolute atomic E-state index is 0.216. The van der Waals surface area contributed by atoms with Crippen LogP contribution in [0.15, 0.2) is 11.1 Å². The van der Waals surface area contributed by atoms with Crippen molar-refractivity contribution in [1.29, 1.82) is 0 Å². The van der Waals surface area contributed by atoms with Crippen molar-refractivity contribution in [3.63, 3.8) is 0 Å². The number of hydrogen-bond donors (Lipinski definition) is 0. The Morgan fingerprint density at radius 1 is 1.27 bits per heavy atom. The molecular formula is C19H22ClF3N2O. The van der Waals surface area contributed by atoms with E-state index in [0.717, 1.165) is 23.9 Å². The van der Waals surface area contributed by atoms with Crippen molar-refractivity contribution in [2.45, 2.75) is 53.1 Å². The van der Waals surface area contributed by atoms with Gasteiger partial charge >= 0.3 is 6.18 Å². The first-order valence-corrected chi connectivity index (χ1v) is 9.24. The molecule has 0 bridgehead atoms. The zero-order valence-corrected chi connectivity index (χ0v) is 16.2. The van der Waals surface area contributed by atoms with Crippen LogP contribution in [-0.2, 0) is 6.42 Å². The lowest BCUT2D eigenvalue weighted by Crippen LogP contribution is -2.20. The Labute approximate surface area is 155 Å². The largest absolute Gasteiger partial charge is 0.426 e. The first kappa shape index (κ1) is 18.1. The van der Waals surface area contributed by atoms with Crippen molar-refractivity contribution >= 4 is 17.5 Å². The Morgan fingerprint density at radius 3 is 2.46 bits per heavy atom. The molecule has 1 heterocycles. The second-order valence-corrected chi connectivity index (χ2v) is 9.55. The van der Waals surface area contributed by atoms with Crippen LogP contribution < -0.4 is 0 Å². The van der Waals surface area contributed by atoms with Crippen molar-refractivity contribution in [3.05, 3.63) is 28.1 Å². The SMILES string of the molecule is Cc1nn(C(=O)[C@H]2[C@@H](/C=C(\Cl)C(F)(F)F)C2(C)C)c2c1[C@H]1[C@@H](C2)C1(C)C. The number of fused-ring (bicyclic) bond motifs is 3. The summed E-state index contributed by atoms with van der Waals surface area (Å²) in [5.74, 6) is -0.299. The van der Waals surface area contributed by atoms with E-state index in [1.807, 2.05) is 6.92 Å². The molecule has 26 heavy (non-hydrogen) atoms. The Balaban J connectivity index is 1.63. The van der Waals surface area contributed by atoms with Crippen molar-refractivity contribution < 1.29 is 18.0 Å². The molecule has 0 amide bonds. The quantitative estimate of drug-likeness (QED) is 0.710. The van der Waals surface area contributed by atoms with Crippen molar-refractivity contribution in [2.24, 2.45) is 28.6 Å². The van der Waals surface area contributed by atoms with Gasteiger partial charge in [0.15, 0.2) is 0 Å². The molecule has 142 valence electrons. The van der Waals surface area contributed by atoms with E-state index in [-0.39, 0.29) is 11.3 Å². The lowest BCUT2D eigenvalue weighted by atomic mass is 9.98. The molecule has 2 saturated carbocycles. The topological polar surface area (TPSA) is 34.9 Å². The first-order chi connectivity index (χ1) is 11.8. The second-order valence-electron chi connectivity index (χ2n) is 9.14. The first-order valence-electron chi connectivity index (χ1n) is 8.86. The summed E-state index contributed by atoms with van der Waals surface area (Å²) >= 11 is 5.39. The molecule has 0 saturated heterocycles. The lowest BCUT2D eigenvalue weighted by Gasteiger charge is -2.10. The van der Waals surface area contributed by atoms with E-state index in [0.29, 0.717) is 11.8 Å². The van der Waals surface area contributed by atoms with E-state index in [4.69, 9.17) is 11.6 Å². The predicted octanol–water partition coefficient (Wildman–Crippen LogP) is 5.08. The average molecular weight is 387 g/mol. The second kappa shape index (κ2) is 4.94. The zero-order chi connectivity index (χ0) is 19.4. The molecule has 1 aromatic heterocycles. The van der Waals surface area contributed by atoms with Gasteiger partial charge in [0.2, 0.25) is 0 Å². The smallest absolute Gasteiger partial charge is 0.272 e. The van der Waals surface area contributed by atoms with Gasteiger partial charge in [-0.2, -0.15) is 18.3 Å². The summed E-state index contributed by atoms with van der Waals surface area (Å²) < 4.78 is 39.7. The molecule has 1 aromatic rings. The van der Waals surface area contributed by atoms with Gasteiger partial charge < -0.3 is 0 Å². The summed E-state index contributed by atoms with van der Waals surface area (Å²) in [6.45, 7) is 9.97. The summed E-state index contributed by atoms with van der Waals surface area (Å²) in [6, 6.07) is 0. The van der Waals surface area contributed by atoms with Gasteiger partial charge in [0, 0.05) is 5.56 Å². The van der Waals surface area contributed by atoms with Crippen LogP contribution in [0.1, 0.15) is 55.4 Å². The standard InChI is InChI=1S/C19H22ClF3N2O/c1-8-13-11(6-9-14(13)17(9,2)3)25(24-8)16(26)15-10(18(15,4)5)7-12(20)19(21,22)23/h7,9-10,14-15H,6H2,1-5H3/b12-7-/t9-,10-,14-,15-/m1/s1. The van der Waals surface area contributed by atoms with E-state index in [2.05, 4.69) is 18.9 Å². The third kappa shape index (κ3) is 2.26. The maximum absolute atomic E-state index is 13.1. The summed E-state index contributed by atoms with van der Waals surface area (Å²) in [4.78, 5) is 13.1. The number of carbonyl (C=O) groups excluding carboxylic acids is 1. The van der Waals surface area contributed by atoms with E-state index >= 15 is 0 Å². The molecule has 4 atom stereocenters. The van der Waals surface area contributed by atoms with E-state index in [1.165, 1.54) is 10.2 Å². The molecule has 0 unspecified atom stereocenters. The highest BCUT2D eigenvalue weighted by molar-refractivity contribution is 6.30. The number of halogens is 4. The summed E-state index contributed by atoms with van der Waals surface area (Å²) in [7, 11) is 0. The van der Waals surface area contributed by atoms with Crippen LogP contribution in [0.2, 0.25) is 0 Å². The summed E-state index contributed by atoms with van der Waals surface area (Å²) in [5.41, 5.74) is 2.68. The fourth-order valence-corrected chi connectivity index (χ4v) is 5.26. The van der Waals surface area contributed by atoms with Crippen LogP contribution >= 0.6 is 11.6 Å². The van der Waals surface area contributed by atoms with Gasteiger partial charge in [-0.3, -0.25) is 4.79 Å². The molecule has 0 N–H and O–H groups in total. The molecule has 0 radical (unpaired) electrons. The minimum atomic E-state index is -4.58. The van der Waals surface area contributed by atoms with Gasteiger partial charge in [0.05, 0.1) is 17.3 Å². The molecule has 2 fully saturated rings. The third-order valence-corrected chi connectivity index (χ3v) is 7.30. The Bertz CT molecular complexity index is 850. The molecule has 3 aliphatic carbocycles. The number of aromatic nitrogens is 2. The molecule has 0 aliphatic heterocycles. The fraction of sp³-hybridized carbons (Fsp3) is 0.684. The highest BCUT2D eigenvalue weighted by atomic mass is 35.5. The average Bonchev–Trinajstić information content (AvgIpc) is 3.05. The number of carbonyl (C=O) groups is 1. The van der Waals surface area contributed by atoms with Crippen molar-refractivity contribution in [1.82, 2.24) is 9.78 Å². The molecule has 4 rings (SSSR count). The monoisotopic (exact) mass is 386 g/mol. The third-order valence-electron chi connectivity index (χ3n) is 6.96. The number of rotatable bonds is 2. The molecule has 0 spiro atoms. The molecule has 7 heteroatoms. The molecule has 3 aliphatic rings. The summed E-state index contributed by atoms with van der Waals surface area (Å²) in [6.07, 6.45) is -2.78. The fourth-order valence-electron chi connectivity index (χ4n) is 5.12. The van der Waals surface area contributed by atoms with Crippen LogP contribution in [0.4, 0.5) is 13.2 Å². The Kier molecular flexibility index (Phi) is 3.44. The Hall–Kier alpha value is -1.30. The van der Waals surface area contributed by atoms with E-state index in [9.17, 15) is 18.0 Å². The minimum Gasteiger partial charge on any atom is -0.272 e. The van der Waals surface area contributed by atoms with Gasteiger partial charge in [-0.25, -0.2) is 4.68 Å². The molecular weight excluding hydrogens is 365 g/mol. The normalized spacial score (nSPS) is 33.7. The molecule has 3 nitrogen and oxygen atoms in total. The number of alkyl halides is 3. The predicted molar refractivity (Wildman–Crippen MR) is 92.1 cm³/mol. The van der Waals surface area contributed by atoms with E-state index < -0.39 is 28.5 Å². The van der Waals surface area contributed by atoms with Crippen LogP contribution in [0, 0.1) is 35.5 Å². The van der Waals surface area contributed by atoms with Crippen molar-refractivity contribution in [2.75, 3.05) is 0 Å². The van der Waals surface area contributed by atoms with Gasteiger partial charge in [-0.1, -0.05) is 45.4 Å². The highest BCUT2D eigenvalue weighted by Crippen LogP contribution is 2.70. The maximum atomic E-state index is 13.1. The number of nitrogens with zero attached hydrogens (tertiary/aromatic N) is 2. The zero-order valence-electron chi connectivity index (χ0n) is 15.4. The van der Waals surface area contributed by atoms with Gasteiger partial charge in [0.1, 0.15) is 5.03 Å².